The van der Waals surface area contributed by atoms with Gasteiger partial charge in [-0.1, -0.05) is 0 Å². The van der Waals surface area contributed by atoms with E-state index in [9.17, 15) is 4.79 Å². The number of hydrogen-bond donors (Lipinski definition) is 3. The minimum absolute atomic E-state index is 0.286. The fraction of sp³-hybridized carbons (Fsp3) is 0.889. The zero-order valence-corrected chi connectivity index (χ0v) is 8.57. The number of nitrogens with one attached hydrogen (secondary N) is 1. The van der Waals surface area contributed by atoms with Gasteiger partial charge in [0.1, 0.15) is 6.04 Å². The molecule has 0 aliphatic carbocycles. The maximum absolute atomic E-state index is 10.5. The van der Waals surface area contributed by atoms with Gasteiger partial charge in [-0.25, -0.2) is 0 Å². The molecule has 2 atom stereocenters. The fourth-order valence-electron chi connectivity index (χ4n) is 1.73. The Labute approximate surface area is 84.3 Å². The summed E-state index contributed by atoms with van der Waals surface area (Å²) >= 11 is 0. The van der Waals surface area contributed by atoms with E-state index in [1.54, 1.807) is 0 Å². The van der Waals surface area contributed by atoms with Crippen LogP contribution in [-0.2, 0) is 4.79 Å². The van der Waals surface area contributed by atoms with Crippen LogP contribution in [0, 0.1) is 0 Å². The van der Waals surface area contributed by atoms with Crippen LogP contribution in [0.1, 0.15) is 19.3 Å². The van der Waals surface area contributed by atoms with Gasteiger partial charge >= 0.3 is 5.97 Å². The molecule has 0 spiro atoms. The van der Waals surface area contributed by atoms with Crippen molar-refractivity contribution in [1.29, 1.82) is 0 Å². The highest BCUT2D eigenvalue weighted by atomic mass is 16.4. The highest BCUT2D eigenvalue weighted by Crippen LogP contribution is 2.09. The molecule has 0 aromatic heterocycles. The van der Waals surface area contributed by atoms with Crippen LogP contribution >= 0.6 is 0 Å². The number of carboxylic acid groups (broad SMARTS) is 1. The first-order valence-corrected chi connectivity index (χ1v) is 5.03. The summed E-state index contributed by atoms with van der Waals surface area (Å²) in [5.41, 5.74) is 5.46. The van der Waals surface area contributed by atoms with Crippen LogP contribution in [0.4, 0.5) is 0 Å². The van der Waals surface area contributed by atoms with Crippen LogP contribution in [0.25, 0.3) is 0 Å². The van der Waals surface area contributed by atoms with Crippen molar-refractivity contribution >= 4 is 5.97 Å². The lowest BCUT2D eigenvalue weighted by atomic mass is 10.1. The van der Waals surface area contributed by atoms with Crippen LogP contribution in [0.5, 0.6) is 0 Å². The summed E-state index contributed by atoms with van der Waals surface area (Å²) < 4.78 is 0. The van der Waals surface area contributed by atoms with E-state index in [0.29, 0.717) is 6.54 Å². The predicted octanol–water partition coefficient (Wildman–Crippen LogP) is -0.570. The van der Waals surface area contributed by atoms with Crippen LogP contribution < -0.4 is 11.1 Å². The molecule has 5 heteroatoms. The average molecular weight is 201 g/mol. The van der Waals surface area contributed by atoms with Gasteiger partial charge in [-0.05, 0) is 32.9 Å². The molecule has 1 unspecified atom stereocenters. The van der Waals surface area contributed by atoms with E-state index in [1.807, 2.05) is 11.9 Å². The molecular weight excluding hydrogens is 182 g/mol. The van der Waals surface area contributed by atoms with Gasteiger partial charge in [-0.2, -0.15) is 0 Å². The summed E-state index contributed by atoms with van der Waals surface area (Å²) in [4.78, 5) is 12.5. The van der Waals surface area contributed by atoms with Crippen LogP contribution in [0.2, 0.25) is 0 Å². The molecule has 5 nitrogen and oxygen atoms in total. The summed E-state index contributed by atoms with van der Waals surface area (Å²) in [5.74, 6) is -0.937. The van der Waals surface area contributed by atoms with Gasteiger partial charge in [0, 0.05) is 6.54 Å². The number of nitrogens with zero attached hydrogens (tertiary/aromatic N) is 1. The number of piperidine rings is 1. The minimum atomic E-state index is -0.937. The van der Waals surface area contributed by atoms with Crippen molar-refractivity contribution in [2.24, 2.45) is 5.73 Å². The maximum atomic E-state index is 10.5. The second-order valence-electron chi connectivity index (χ2n) is 3.85. The van der Waals surface area contributed by atoms with Crippen molar-refractivity contribution in [3.8, 4) is 0 Å². The van der Waals surface area contributed by atoms with Crippen LogP contribution in [0.3, 0.4) is 0 Å². The van der Waals surface area contributed by atoms with Gasteiger partial charge in [0.15, 0.2) is 0 Å². The smallest absolute Gasteiger partial charge is 0.321 e. The molecule has 0 aromatic rings. The normalized spacial score (nSPS) is 24.9. The summed E-state index contributed by atoms with van der Waals surface area (Å²) in [6.45, 7) is 1.41. The van der Waals surface area contributed by atoms with E-state index >= 15 is 0 Å². The van der Waals surface area contributed by atoms with Gasteiger partial charge in [-0.3, -0.25) is 9.69 Å². The average Bonchev–Trinajstić information content (AvgIpc) is 2.19. The number of carbonyl (C=O) groups is 1. The topological polar surface area (TPSA) is 78.6 Å². The molecule has 0 radical (unpaired) electrons. The first-order chi connectivity index (χ1) is 6.61. The Balaban J connectivity index is 2.32. The van der Waals surface area contributed by atoms with Crippen molar-refractivity contribution in [2.45, 2.75) is 31.5 Å². The van der Waals surface area contributed by atoms with E-state index in [1.165, 1.54) is 12.8 Å². The third-order valence-electron chi connectivity index (χ3n) is 2.62. The predicted molar refractivity (Wildman–Crippen MR) is 53.9 cm³/mol. The molecule has 82 valence electrons. The third kappa shape index (κ3) is 3.25. The number of carboxylic acids is 1. The lowest BCUT2D eigenvalue weighted by molar-refractivity contribution is -0.139. The van der Waals surface area contributed by atoms with Gasteiger partial charge in [-0.15, -0.1) is 0 Å². The molecule has 14 heavy (non-hydrogen) atoms. The summed E-state index contributed by atoms with van der Waals surface area (Å²) in [6, 6.07) is -0.788. The third-order valence-corrected chi connectivity index (χ3v) is 2.62. The number of rotatable bonds is 4. The number of aliphatic carboxylic acids is 1. The lowest BCUT2D eigenvalue weighted by Gasteiger charge is -2.32. The van der Waals surface area contributed by atoms with Crippen molar-refractivity contribution in [3.05, 3.63) is 0 Å². The SMILES string of the molecule is CN(C[C@@H](N)C(=O)O)C1CCCCN1. The lowest BCUT2D eigenvalue weighted by Crippen LogP contribution is -2.51. The molecule has 0 amide bonds. The molecule has 1 saturated heterocycles. The van der Waals surface area contributed by atoms with Gasteiger partial charge in [0.05, 0.1) is 6.17 Å². The number of nitrogens with two attached hydrogens (primary N) is 1. The largest absolute Gasteiger partial charge is 0.480 e. The van der Waals surface area contributed by atoms with E-state index in [4.69, 9.17) is 10.8 Å². The standard InChI is InChI=1S/C9H19N3O2/c1-12(6-7(10)9(13)14)8-4-2-3-5-11-8/h7-8,11H,2-6,10H2,1H3,(H,13,14)/t7-,8?/m1/s1. The molecule has 1 rings (SSSR count). The Kier molecular flexibility index (Phi) is 4.31. The van der Waals surface area contributed by atoms with E-state index in [-0.39, 0.29) is 6.17 Å². The Hall–Kier alpha value is -0.650. The van der Waals surface area contributed by atoms with E-state index < -0.39 is 12.0 Å². The Morgan fingerprint density at radius 1 is 1.71 bits per heavy atom. The number of likely N-dealkylation sites (N-methyl/N-ethyl adjacent to an activating group) is 1. The van der Waals surface area contributed by atoms with E-state index in [0.717, 1.165) is 13.0 Å². The zero-order valence-electron chi connectivity index (χ0n) is 8.57. The summed E-state index contributed by atoms with van der Waals surface area (Å²) in [6.07, 6.45) is 3.76. The van der Waals surface area contributed by atoms with E-state index in [2.05, 4.69) is 5.32 Å². The molecule has 0 bridgehead atoms. The second kappa shape index (κ2) is 5.29. The molecule has 1 fully saturated rings. The monoisotopic (exact) mass is 201 g/mol. The zero-order chi connectivity index (χ0) is 10.6. The minimum Gasteiger partial charge on any atom is -0.480 e. The molecule has 1 heterocycles. The first-order valence-electron chi connectivity index (χ1n) is 5.03. The maximum Gasteiger partial charge on any atom is 0.321 e. The molecular formula is C9H19N3O2. The Bertz CT molecular complexity index is 192. The Morgan fingerprint density at radius 3 is 2.93 bits per heavy atom. The summed E-state index contributed by atoms with van der Waals surface area (Å²) in [7, 11) is 1.91. The molecule has 0 saturated carbocycles. The van der Waals surface area contributed by atoms with Crippen LogP contribution in [-0.4, -0.2) is 48.3 Å². The molecule has 4 N–H and O–H groups in total. The summed E-state index contributed by atoms with van der Waals surface area (Å²) in [5, 5.41) is 12.0. The van der Waals surface area contributed by atoms with Crippen molar-refractivity contribution in [3.63, 3.8) is 0 Å². The fourth-order valence-corrected chi connectivity index (χ4v) is 1.73. The van der Waals surface area contributed by atoms with Gasteiger partial charge in [0.2, 0.25) is 0 Å². The quantitative estimate of drug-likeness (QED) is 0.567. The van der Waals surface area contributed by atoms with Gasteiger partial charge < -0.3 is 16.2 Å². The molecule has 1 aliphatic rings. The van der Waals surface area contributed by atoms with Crippen molar-refractivity contribution in [1.82, 2.24) is 10.2 Å². The number of hydrogen-bond acceptors (Lipinski definition) is 4. The Morgan fingerprint density at radius 2 is 2.43 bits per heavy atom. The molecule has 0 aromatic carbocycles. The highest BCUT2D eigenvalue weighted by Gasteiger charge is 2.21. The second-order valence-corrected chi connectivity index (χ2v) is 3.85. The highest BCUT2D eigenvalue weighted by molar-refractivity contribution is 5.73. The molecule has 1 aliphatic heterocycles. The van der Waals surface area contributed by atoms with Gasteiger partial charge in [0.25, 0.3) is 0 Å². The van der Waals surface area contributed by atoms with Crippen LogP contribution in [0.15, 0.2) is 0 Å². The first kappa shape index (κ1) is 11.4. The van der Waals surface area contributed by atoms with Crippen molar-refractivity contribution < 1.29 is 9.90 Å². The van der Waals surface area contributed by atoms with Crippen molar-refractivity contribution in [2.75, 3.05) is 20.1 Å².